The molecule has 6 aliphatic heterocycles. The Hall–Kier alpha value is -2.58. The number of carbonyl (C=O) groups is 1. The molecule has 0 amide bonds. The first-order chi connectivity index (χ1) is 52.1. The van der Waals surface area contributed by atoms with Gasteiger partial charge in [0.1, 0.15) is 18.7 Å². The van der Waals surface area contributed by atoms with Crippen LogP contribution in [-0.4, -0.2) is 264 Å². The van der Waals surface area contributed by atoms with Crippen molar-refractivity contribution in [1.82, 2.24) is 44.0 Å². The maximum Gasteiger partial charge on any atom is 1.00 e. The van der Waals surface area contributed by atoms with E-state index < -0.39 is 75.3 Å². The van der Waals surface area contributed by atoms with E-state index >= 15 is 0 Å². The number of hydrogen-bond donors (Lipinski definition) is 7. The maximum atomic E-state index is 13.2. The minimum atomic E-state index is -4.10. The number of benzene rings is 3. The van der Waals surface area contributed by atoms with Crippen molar-refractivity contribution in [2.24, 2.45) is 0 Å². The van der Waals surface area contributed by atoms with Crippen molar-refractivity contribution in [3.8, 4) is 6.07 Å². The monoisotopic (exact) mass is 1770 g/mol. The molecule has 0 spiro atoms. The van der Waals surface area contributed by atoms with Crippen molar-refractivity contribution < 1.29 is 185 Å². The third kappa shape index (κ3) is 30.8. The van der Waals surface area contributed by atoms with Gasteiger partial charge in [-0.15, -0.1) is 34.0 Å². The average molecular weight is 1770 g/mol. The van der Waals surface area contributed by atoms with Gasteiger partial charge >= 0.3 is 109 Å². The van der Waals surface area contributed by atoms with Gasteiger partial charge < -0.3 is 62.9 Å². The Morgan fingerprint density at radius 2 is 0.850 bits per heavy atom. The first kappa shape index (κ1) is 101. The Morgan fingerprint density at radius 3 is 1.10 bits per heavy atom. The molecule has 6 saturated heterocycles. The number of thiophene rings is 3. The molecule has 6 atom stereocenters. The van der Waals surface area contributed by atoms with Crippen LogP contribution in [0.4, 0.5) is 30.2 Å². The van der Waals surface area contributed by atoms with E-state index in [2.05, 4.69) is 59.6 Å². The van der Waals surface area contributed by atoms with Crippen LogP contribution in [0.2, 0.25) is 0 Å². The number of hydrogen-bond acceptors (Lipinski definition) is 28. The summed E-state index contributed by atoms with van der Waals surface area (Å²) < 4.78 is 148. The van der Waals surface area contributed by atoms with Crippen molar-refractivity contribution in [3.63, 3.8) is 0 Å². The molecule has 6 fully saturated rings. The van der Waals surface area contributed by atoms with Crippen LogP contribution in [0.3, 0.4) is 0 Å². The summed E-state index contributed by atoms with van der Waals surface area (Å²) in [5, 5.41) is 63.8. The molecule has 7 N–H and O–H groups in total. The molecular weight excluding hydrogens is 1660 g/mol. The topological polar surface area (TPSA) is 354 Å². The SMILES string of the molecule is CC#N.CC(C)(O)c1ccc(N2CCN(S(=O)(=O)c3cccs3)C[C@@H]2COS(C)(=O)=O)cc1.CC1CN(C[C@H]2CN(S(=O)(=O)c3cccs3)CCN2c2ccc(C(C)(C)O)cc2)CCN1.CC1CN(C[C@H]2CN(S(=O)(=O)c3cccs3)CCN2c2ccc(C(C)(C)O)cc2)CCN1.FC(F)(F)C1CNCCN1.O=CO[O-].[H-].[K+].[K+]. The van der Waals surface area contributed by atoms with E-state index in [1.165, 1.54) is 33.9 Å². The minimum Gasteiger partial charge on any atom is -1.00 e. The van der Waals surface area contributed by atoms with Crippen molar-refractivity contribution in [2.75, 3.05) is 158 Å². The molecule has 28 nitrogen and oxygen atoms in total. The quantitative estimate of drug-likeness (QED) is 0.0164. The zero-order valence-corrected chi connectivity index (χ0v) is 78.2. The van der Waals surface area contributed by atoms with Gasteiger partial charge in [0.05, 0.1) is 53.9 Å². The zero-order valence-electron chi connectivity index (χ0n) is 67.3. The van der Waals surface area contributed by atoms with Gasteiger partial charge in [-0.3, -0.25) is 18.8 Å². The smallest absolute Gasteiger partial charge is 1.00 e. The second kappa shape index (κ2) is 45.9. The number of nitriles is 1. The van der Waals surface area contributed by atoms with E-state index in [0.29, 0.717) is 79.4 Å². The summed E-state index contributed by atoms with van der Waals surface area (Å²) in [6.45, 7) is 28.2. The summed E-state index contributed by atoms with van der Waals surface area (Å²) in [6, 6.07) is 34.4. The van der Waals surface area contributed by atoms with Crippen molar-refractivity contribution in [1.29, 1.82) is 5.26 Å². The Kier molecular flexibility index (Phi) is 41.0. The van der Waals surface area contributed by atoms with Gasteiger partial charge in [0.15, 0.2) is 0 Å². The Balaban J connectivity index is 0.000000322. The van der Waals surface area contributed by atoms with E-state index in [1.54, 1.807) is 110 Å². The van der Waals surface area contributed by atoms with E-state index in [9.17, 15) is 62.2 Å². The first-order valence-corrected chi connectivity index (χ1v) is 45.1. The fourth-order valence-corrected chi connectivity index (χ4v) is 21.7. The Labute approximate surface area is 763 Å². The average Bonchev–Trinajstić information content (AvgIpc) is 1.24. The summed E-state index contributed by atoms with van der Waals surface area (Å²) in [7, 11) is -14.3. The summed E-state index contributed by atoms with van der Waals surface area (Å²) in [6.07, 6.45) is -3.13. The molecule has 0 radical (unpaired) electrons. The molecule has 3 aromatic heterocycles. The molecule has 6 aliphatic rings. The summed E-state index contributed by atoms with van der Waals surface area (Å²) in [5.74, 6) is 0. The molecule has 9 heterocycles. The molecule has 113 heavy (non-hydrogen) atoms. The van der Waals surface area contributed by atoms with Crippen LogP contribution in [0.15, 0.2) is 138 Å². The predicted molar refractivity (Wildman–Crippen MR) is 427 cm³/mol. The predicted octanol–water partition coefficient (Wildman–Crippen LogP) is -0.676. The van der Waals surface area contributed by atoms with E-state index in [-0.39, 0.29) is 153 Å². The zero-order chi connectivity index (χ0) is 81.8. The number of nitrogens with zero attached hydrogens (tertiary/aromatic N) is 9. The van der Waals surface area contributed by atoms with E-state index in [1.807, 2.05) is 76.3 Å². The number of halogens is 3. The van der Waals surface area contributed by atoms with Crippen LogP contribution in [0.5, 0.6) is 0 Å². The second-order valence-corrected chi connectivity index (χ2v) is 40.1. The Morgan fingerprint density at radius 1 is 0.531 bits per heavy atom. The number of alkyl halides is 3. The van der Waals surface area contributed by atoms with Gasteiger partial charge in [-0.05, 0) is 143 Å². The van der Waals surface area contributed by atoms with Gasteiger partial charge in [0.2, 0.25) is 0 Å². The number of anilines is 3. The molecule has 3 unspecified atom stereocenters. The molecule has 620 valence electrons. The van der Waals surface area contributed by atoms with E-state index in [0.717, 1.165) is 104 Å². The van der Waals surface area contributed by atoms with Crippen LogP contribution >= 0.6 is 34.0 Å². The fraction of sp³-hybridized carbons (Fsp3) is 0.562. The largest absolute Gasteiger partial charge is 1.00 e. The van der Waals surface area contributed by atoms with E-state index in [4.69, 9.17) is 19.5 Å². The van der Waals surface area contributed by atoms with Crippen LogP contribution in [0.25, 0.3) is 0 Å². The molecule has 0 bridgehead atoms. The summed E-state index contributed by atoms with van der Waals surface area (Å²) in [5.41, 5.74) is 2.67. The molecule has 12 rings (SSSR count). The number of carbonyl (C=O) groups excluding carboxylic acids is 1. The van der Waals surface area contributed by atoms with Crippen molar-refractivity contribution >= 4 is 97.7 Å². The molecule has 0 aliphatic carbocycles. The molecule has 3 aromatic carbocycles. The maximum absolute atomic E-state index is 13.2. The first-order valence-electron chi connectivity index (χ1n) is 36.3. The number of sulfonamides is 3. The molecule has 6 aromatic rings. The van der Waals surface area contributed by atoms with Crippen LogP contribution in [-0.2, 0) is 70.9 Å². The number of aliphatic hydroxyl groups is 3. The van der Waals surface area contributed by atoms with Gasteiger partial charge in [0.25, 0.3) is 46.7 Å². The van der Waals surface area contributed by atoms with Crippen LogP contribution in [0, 0.1) is 11.3 Å². The molecular formula is C73H108F3K2N13O15S7. The minimum absolute atomic E-state index is 0. The van der Waals surface area contributed by atoms with Crippen molar-refractivity contribution in [3.05, 3.63) is 142 Å². The summed E-state index contributed by atoms with van der Waals surface area (Å²) >= 11 is 3.70. The van der Waals surface area contributed by atoms with Gasteiger partial charge in [-0.2, -0.15) is 39.8 Å². The van der Waals surface area contributed by atoms with Gasteiger partial charge in [-0.25, -0.2) is 25.3 Å². The third-order valence-corrected chi connectivity index (χ3v) is 29.4. The van der Waals surface area contributed by atoms with Crippen LogP contribution in [0.1, 0.15) is 80.4 Å². The normalized spacial score (nSPS) is 21.5. The standard InChI is InChI=1S/2C23H34N4O3S2.C19H26N2O6S3.C5H9F3N2.C2H3N.CH2O3.2K.H/c2*1-18-15-25(11-10-24-18)16-21-17-26(32(29,30)22-5-4-14-31-22)12-13-27(21)20-8-6-19(7-9-20)23(2,3)28;1-19(2,22)15-6-8-16(9-7-15)21-11-10-20(13-17(21)14-27-29(3,23)24)30(25,26)18-5-4-12-28-18;6-5(7,8)4-3-9-1-2-10-4;1-2-3;2-1-4-3;;;/h2*4-9,14,18,21,24,28H,10-13,15-17H2,1-3H3;4-9,12,17,22H,10-11,13-14H2,1-3H3;4,9-10H,1-3H2;1H3;1,3H;;;/q;;;;;;2*+1;-1/p-1/t2*18?,21-;17-;;;;;;/m001....../s1. The van der Waals surface area contributed by atoms with Gasteiger partial charge in [-0.1, -0.05) is 54.6 Å². The van der Waals surface area contributed by atoms with Crippen molar-refractivity contribution in [2.45, 2.75) is 134 Å². The number of rotatable bonds is 20. The number of nitrogens with one attached hydrogen (secondary N) is 4. The number of piperazine rings is 6. The van der Waals surface area contributed by atoms with Gasteiger partial charge in [0, 0.05) is 167 Å². The molecule has 0 saturated carbocycles. The molecule has 40 heteroatoms. The third-order valence-electron chi connectivity index (χ3n) is 19.1. The second-order valence-electron chi connectivity index (χ2n) is 29.1. The summed E-state index contributed by atoms with van der Waals surface area (Å²) in [4.78, 5) is 22.7. The van der Waals surface area contributed by atoms with Crippen LogP contribution < -0.4 is 144 Å². The Bertz CT molecular complexity index is 4160. The fourth-order valence-electron chi connectivity index (χ4n) is 13.4.